The lowest BCUT2D eigenvalue weighted by atomic mass is 9.90. The van der Waals surface area contributed by atoms with E-state index in [0.29, 0.717) is 11.8 Å². The van der Waals surface area contributed by atoms with Gasteiger partial charge in [0.25, 0.3) is 0 Å². The molecule has 1 aliphatic carbocycles. The van der Waals surface area contributed by atoms with Gasteiger partial charge in [-0.25, -0.2) is 13.2 Å². The summed E-state index contributed by atoms with van der Waals surface area (Å²) in [4.78, 5) is 3.89. The number of alkyl halides is 7. The van der Waals surface area contributed by atoms with Gasteiger partial charge in [0.2, 0.25) is 0 Å². The Balaban J connectivity index is 1.72. The molecule has 0 unspecified atom stereocenters. The van der Waals surface area contributed by atoms with Crippen molar-refractivity contribution in [3.63, 3.8) is 0 Å². The number of aryl methyl sites for hydroxylation is 1. The Kier molecular flexibility index (Phi) is 5.80. The van der Waals surface area contributed by atoms with Gasteiger partial charge < -0.3 is 4.57 Å². The zero-order valence-corrected chi connectivity index (χ0v) is 18.8. The summed E-state index contributed by atoms with van der Waals surface area (Å²) in [6, 6.07) is 11.1. The van der Waals surface area contributed by atoms with E-state index in [-0.39, 0.29) is 11.8 Å². The molecule has 0 fully saturated rings. The van der Waals surface area contributed by atoms with Crippen LogP contribution in [0.1, 0.15) is 29.7 Å². The highest BCUT2D eigenvalue weighted by Crippen LogP contribution is 2.55. The lowest BCUT2D eigenvalue weighted by Crippen LogP contribution is -2.51. The standard InChI is InChI=1S/C26H17F9N2/c27-18-10-9-17(23(28)22(18)24(29,25(30,31)32)26(33,34)35)19-13-14(11-12-36-19)37-20-7-3-1-5-15(20)16-6-2-4-8-21(16)37/h1,3,5,7,9-13H,2,4,6,8H2. The molecule has 1 aliphatic rings. The summed E-state index contributed by atoms with van der Waals surface area (Å²) in [5, 5.41) is 0.989. The number of benzene rings is 2. The van der Waals surface area contributed by atoms with Crippen molar-refractivity contribution in [3.05, 3.63) is 83.2 Å². The number of hydrogen-bond donors (Lipinski definition) is 0. The fourth-order valence-electron chi connectivity index (χ4n) is 5.01. The highest BCUT2D eigenvalue weighted by molar-refractivity contribution is 5.88. The van der Waals surface area contributed by atoms with E-state index < -0.39 is 40.8 Å². The molecule has 0 aliphatic heterocycles. The Morgan fingerprint density at radius 2 is 1.46 bits per heavy atom. The molecule has 0 bridgehead atoms. The number of rotatable bonds is 3. The minimum absolute atomic E-state index is 0.167. The van der Waals surface area contributed by atoms with Gasteiger partial charge in [-0.2, -0.15) is 26.3 Å². The summed E-state index contributed by atoms with van der Waals surface area (Å²) in [6.45, 7) is 0. The molecule has 11 heteroatoms. The van der Waals surface area contributed by atoms with Crippen molar-refractivity contribution in [2.24, 2.45) is 0 Å². The van der Waals surface area contributed by atoms with E-state index in [1.54, 1.807) is 6.07 Å². The minimum atomic E-state index is -6.68. The zero-order chi connectivity index (χ0) is 26.8. The number of hydrogen-bond acceptors (Lipinski definition) is 1. The molecular formula is C26H17F9N2. The van der Waals surface area contributed by atoms with E-state index in [2.05, 4.69) is 4.98 Å². The molecule has 2 aromatic heterocycles. The number of nitrogens with zero attached hydrogens (tertiary/aromatic N) is 2. The third-order valence-corrected chi connectivity index (χ3v) is 6.67. The Morgan fingerprint density at radius 3 is 2.16 bits per heavy atom. The molecular weight excluding hydrogens is 511 g/mol. The lowest BCUT2D eigenvalue weighted by molar-refractivity contribution is -0.350. The molecule has 0 spiro atoms. The molecule has 194 valence electrons. The van der Waals surface area contributed by atoms with Crippen molar-refractivity contribution in [2.45, 2.75) is 43.7 Å². The molecule has 0 atom stereocenters. The monoisotopic (exact) mass is 528 g/mol. The van der Waals surface area contributed by atoms with Crippen LogP contribution in [-0.4, -0.2) is 21.9 Å². The maximum atomic E-state index is 15.2. The van der Waals surface area contributed by atoms with Gasteiger partial charge in [-0.1, -0.05) is 18.2 Å². The van der Waals surface area contributed by atoms with Gasteiger partial charge in [0, 0.05) is 28.5 Å². The average Bonchev–Trinajstić information content (AvgIpc) is 3.17. The van der Waals surface area contributed by atoms with Crippen molar-refractivity contribution in [3.8, 4) is 16.9 Å². The SMILES string of the molecule is Fc1ccc(-c2cc(-n3c4c(c5ccccc53)CCCC4)ccn2)c(F)c1C(F)(C(F)(F)F)C(F)(F)F. The summed E-state index contributed by atoms with van der Waals surface area (Å²) in [7, 11) is 0. The molecule has 0 saturated heterocycles. The normalized spacial score (nSPS) is 14.7. The second kappa shape index (κ2) is 8.53. The van der Waals surface area contributed by atoms with Crippen LogP contribution in [-0.2, 0) is 18.5 Å². The van der Waals surface area contributed by atoms with Gasteiger partial charge in [0.05, 0.1) is 16.8 Å². The predicted octanol–water partition coefficient (Wildman–Crippen LogP) is 8.14. The molecule has 4 aromatic rings. The van der Waals surface area contributed by atoms with E-state index in [1.165, 1.54) is 12.3 Å². The average molecular weight is 528 g/mol. The first-order chi connectivity index (χ1) is 17.4. The molecule has 0 N–H and O–H groups in total. The number of aromatic nitrogens is 2. The lowest BCUT2D eigenvalue weighted by Gasteiger charge is -2.31. The first-order valence-electron chi connectivity index (χ1n) is 11.2. The van der Waals surface area contributed by atoms with Crippen LogP contribution in [0.2, 0.25) is 0 Å². The van der Waals surface area contributed by atoms with Crippen molar-refractivity contribution in [2.75, 3.05) is 0 Å². The molecule has 37 heavy (non-hydrogen) atoms. The van der Waals surface area contributed by atoms with Crippen LogP contribution in [0.25, 0.3) is 27.8 Å². The van der Waals surface area contributed by atoms with Crippen molar-refractivity contribution < 1.29 is 39.5 Å². The number of para-hydroxylation sites is 1. The van der Waals surface area contributed by atoms with Crippen LogP contribution in [0.15, 0.2) is 54.7 Å². The summed E-state index contributed by atoms with van der Waals surface area (Å²) in [6.07, 6.45) is -8.72. The van der Waals surface area contributed by atoms with Crippen LogP contribution in [0.4, 0.5) is 39.5 Å². The van der Waals surface area contributed by atoms with Crippen molar-refractivity contribution >= 4 is 10.9 Å². The fourth-order valence-corrected chi connectivity index (χ4v) is 5.01. The van der Waals surface area contributed by atoms with Gasteiger partial charge in [-0.05, 0) is 61.6 Å². The van der Waals surface area contributed by atoms with Gasteiger partial charge in [-0.15, -0.1) is 0 Å². The van der Waals surface area contributed by atoms with E-state index in [0.717, 1.165) is 47.8 Å². The number of halogens is 9. The minimum Gasteiger partial charge on any atom is -0.313 e. The Hall–Kier alpha value is -3.50. The van der Waals surface area contributed by atoms with Crippen LogP contribution in [0.5, 0.6) is 0 Å². The third kappa shape index (κ3) is 3.77. The summed E-state index contributed by atoms with van der Waals surface area (Å²) < 4.78 is 126. The van der Waals surface area contributed by atoms with Crippen molar-refractivity contribution in [1.29, 1.82) is 0 Å². The maximum Gasteiger partial charge on any atom is 0.436 e. The second-order valence-corrected chi connectivity index (χ2v) is 8.82. The number of fused-ring (bicyclic) bond motifs is 3. The fraction of sp³-hybridized carbons (Fsp3) is 0.269. The van der Waals surface area contributed by atoms with E-state index in [1.807, 2.05) is 28.8 Å². The summed E-state index contributed by atoms with van der Waals surface area (Å²) in [5.74, 6) is -4.65. The molecule has 0 radical (unpaired) electrons. The Bertz CT molecular complexity index is 1480. The smallest absolute Gasteiger partial charge is 0.313 e. The maximum absolute atomic E-state index is 15.2. The van der Waals surface area contributed by atoms with E-state index in [4.69, 9.17) is 0 Å². The first-order valence-corrected chi connectivity index (χ1v) is 11.2. The first kappa shape index (κ1) is 25.2. The van der Waals surface area contributed by atoms with Crippen molar-refractivity contribution in [1.82, 2.24) is 9.55 Å². The topological polar surface area (TPSA) is 17.8 Å². The molecule has 0 amide bonds. The number of pyridine rings is 1. The highest BCUT2D eigenvalue weighted by atomic mass is 19.4. The second-order valence-electron chi connectivity index (χ2n) is 8.82. The Labute approximate surface area is 204 Å². The highest BCUT2D eigenvalue weighted by Gasteiger charge is 2.75. The van der Waals surface area contributed by atoms with E-state index >= 15 is 4.39 Å². The van der Waals surface area contributed by atoms with E-state index in [9.17, 15) is 35.1 Å². The van der Waals surface area contributed by atoms with Crippen LogP contribution < -0.4 is 0 Å². The van der Waals surface area contributed by atoms with Gasteiger partial charge in [0.15, 0.2) is 0 Å². The summed E-state index contributed by atoms with van der Waals surface area (Å²) in [5.41, 5.74) is -7.01. The molecule has 2 nitrogen and oxygen atoms in total. The Morgan fingerprint density at radius 1 is 0.784 bits per heavy atom. The van der Waals surface area contributed by atoms with Gasteiger partial charge in [-0.3, -0.25) is 4.98 Å². The molecule has 2 aromatic carbocycles. The largest absolute Gasteiger partial charge is 0.436 e. The summed E-state index contributed by atoms with van der Waals surface area (Å²) >= 11 is 0. The molecule has 0 saturated carbocycles. The predicted molar refractivity (Wildman–Crippen MR) is 118 cm³/mol. The zero-order valence-electron chi connectivity index (χ0n) is 18.8. The molecule has 2 heterocycles. The van der Waals surface area contributed by atoms with Gasteiger partial charge in [0.1, 0.15) is 11.6 Å². The van der Waals surface area contributed by atoms with Crippen LogP contribution in [0, 0.1) is 11.6 Å². The van der Waals surface area contributed by atoms with Gasteiger partial charge >= 0.3 is 18.0 Å². The quantitative estimate of drug-likeness (QED) is 0.246. The van der Waals surface area contributed by atoms with Crippen LogP contribution >= 0.6 is 0 Å². The molecule has 5 rings (SSSR count). The van der Waals surface area contributed by atoms with Crippen LogP contribution in [0.3, 0.4) is 0 Å². The third-order valence-electron chi connectivity index (χ3n) is 6.67.